The lowest BCUT2D eigenvalue weighted by molar-refractivity contribution is 0.0185. The SMILES string of the molecule is Cc1cccc(CCN2CCC(C(O)CO)CC2)n1. The number of aliphatic hydroxyl groups is 2. The summed E-state index contributed by atoms with van der Waals surface area (Å²) in [4.78, 5) is 6.94. The van der Waals surface area contributed by atoms with Crippen LogP contribution in [0.3, 0.4) is 0 Å². The number of aromatic nitrogens is 1. The lowest BCUT2D eigenvalue weighted by Crippen LogP contribution is -2.39. The lowest BCUT2D eigenvalue weighted by atomic mass is 9.91. The highest BCUT2D eigenvalue weighted by molar-refractivity contribution is 5.10. The highest BCUT2D eigenvalue weighted by Crippen LogP contribution is 2.20. The smallest absolute Gasteiger partial charge is 0.0799 e. The van der Waals surface area contributed by atoms with E-state index >= 15 is 0 Å². The quantitative estimate of drug-likeness (QED) is 0.833. The van der Waals surface area contributed by atoms with E-state index in [9.17, 15) is 5.11 Å². The third kappa shape index (κ3) is 4.27. The third-order valence-electron chi connectivity index (χ3n) is 3.99. The minimum Gasteiger partial charge on any atom is -0.394 e. The number of nitrogens with zero attached hydrogens (tertiary/aromatic N) is 2. The van der Waals surface area contributed by atoms with E-state index < -0.39 is 6.10 Å². The molecule has 2 rings (SSSR count). The van der Waals surface area contributed by atoms with E-state index in [1.165, 1.54) is 0 Å². The maximum Gasteiger partial charge on any atom is 0.0799 e. The molecule has 4 nitrogen and oxygen atoms in total. The molecule has 2 heterocycles. The van der Waals surface area contributed by atoms with Gasteiger partial charge >= 0.3 is 0 Å². The molecule has 0 aliphatic carbocycles. The number of pyridine rings is 1. The zero-order valence-electron chi connectivity index (χ0n) is 11.6. The van der Waals surface area contributed by atoms with Gasteiger partial charge in [-0.05, 0) is 50.9 Å². The molecular weight excluding hydrogens is 240 g/mol. The number of aryl methyl sites for hydroxylation is 1. The number of hydrogen-bond donors (Lipinski definition) is 2. The van der Waals surface area contributed by atoms with Crippen LogP contribution in [0.1, 0.15) is 24.2 Å². The number of piperidine rings is 1. The Morgan fingerprint density at radius 2 is 2.11 bits per heavy atom. The number of rotatable bonds is 5. The highest BCUT2D eigenvalue weighted by atomic mass is 16.3. The van der Waals surface area contributed by atoms with Crippen molar-refractivity contribution in [1.82, 2.24) is 9.88 Å². The van der Waals surface area contributed by atoms with E-state index in [1.54, 1.807) is 0 Å². The van der Waals surface area contributed by atoms with Crippen molar-refractivity contribution in [2.24, 2.45) is 5.92 Å². The minimum absolute atomic E-state index is 0.113. The molecule has 1 aromatic rings. The van der Waals surface area contributed by atoms with Gasteiger partial charge in [0.25, 0.3) is 0 Å². The molecule has 0 saturated carbocycles. The van der Waals surface area contributed by atoms with Crippen molar-refractivity contribution in [3.63, 3.8) is 0 Å². The summed E-state index contributed by atoms with van der Waals surface area (Å²) in [6.07, 6.45) is 2.39. The van der Waals surface area contributed by atoms with Gasteiger partial charge in [-0.3, -0.25) is 4.98 Å². The number of hydrogen-bond acceptors (Lipinski definition) is 4. The summed E-state index contributed by atoms with van der Waals surface area (Å²) in [7, 11) is 0. The van der Waals surface area contributed by atoms with Gasteiger partial charge in [-0.15, -0.1) is 0 Å². The molecule has 4 heteroatoms. The maximum atomic E-state index is 9.63. The van der Waals surface area contributed by atoms with Gasteiger partial charge in [0, 0.05) is 24.4 Å². The molecule has 1 aliphatic heterocycles. The van der Waals surface area contributed by atoms with Crippen LogP contribution < -0.4 is 0 Å². The summed E-state index contributed by atoms with van der Waals surface area (Å²) in [5.74, 6) is 0.262. The molecule has 0 radical (unpaired) electrons. The molecule has 2 N–H and O–H groups in total. The summed E-state index contributed by atoms with van der Waals surface area (Å²) >= 11 is 0. The van der Waals surface area contributed by atoms with E-state index in [1.807, 2.05) is 13.0 Å². The van der Waals surface area contributed by atoms with Crippen LogP contribution in [0.2, 0.25) is 0 Å². The van der Waals surface area contributed by atoms with Crippen molar-refractivity contribution in [3.05, 3.63) is 29.6 Å². The summed E-state index contributed by atoms with van der Waals surface area (Å²) in [6, 6.07) is 6.15. The fourth-order valence-electron chi connectivity index (χ4n) is 2.72. The predicted octanol–water partition coefficient (Wildman–Crippen LogP) is 0.998. The molecule has 0 aromatic carbocycles. The second-order valence-electron chi connectivity index (χ2n) is 5.45. The molecule has 0 spiro atoms. The van der Waals surface area contributed by atoms with Crippen LogP contribution in [0, 0.1) is 12.8 Å². The molecule has 0 bridgehead atoms. The van der Waals surface area contributed by atoms with Crippen LogP contribution in [0.25, 0.3) is 0 Å². The summed E-state index contributed by atoms with van der Waals surface area (Å²) < 4.78 is 0. The van der Waals surface area contributed by atoms with Crippen molar-refractivity contribution < 1.29 is 10.2 Å². The Morgan fingerprint density at radius 3 is 2.74 bits per heavy atom. The molecule has 1 aromatic heterocycles. The topological polar surface area (TPSA) is 56.6 Å². The molecule has 106 valence electrons. The first-order chi connectivity index (χ1) is 9.19. The molecule has 1 saturated heterocycles. The molecule has 0 amide bonds. The lowest BCUT2D eigenvalue weighted by Gasteiger charge is -2.33. The number of aliphatic hydroxyl groups excluding tert-OH is 2. The van der Waals surface area contributed by atoms with E-state index in [-0.39, 0.29) is 12.5 Å². The van der Waals surface area contributed by atoms with Crippen LogP contribution in [0.4, 0.5) is 0 Å². The Bertz CT molecular complexity index is 389. The van der Waals surface area contributed by atoms with Crippen LogP contribution in [-0.2, 0) is 6.42 Å². The van der Waals surface area contributed by atoms with Gasteiger partial charge in [0.05, 0.1) is 12.7 Å². The van der Waals surface area contributed by atoms with Gasteiger partial charge in [0.1, 0.15) is 0 Å². The molecule has 1 aliphatic rings. The molecule has 1 unspecified atom stereocenters. The van der Waals surface area contributed by atoms with E-state index in [4.69, 9.17) is 5.11 Å². The highest BCUT2D eigenvalue weighted by Gasteiger charge is 2.24. The Kier molecular flexibility index (Phi) is 5.31. The number of likely N-dealkylation sites (tertiary alicyclic amines) is 1. The van der Waals surface area contributed by atoms with Crippen LogP contribution in [0.5, 0.6) is 0 Å². The minimum atomic E-state index is -0.541. The second-order valence-corrected chi connectivity index (χ2v) is 5.45. The first-order valence-electron chi connectivity index (χ1n) is 7.13. The zero-order chi connectivity index (χ0) is 13.7. The van der Waals surface area contributed by atoms with Crippen molar-refractivity contribution in [2.45, 2.75) is 32.3 Å². The molecule has 1 fully saturated rings. The van der Waals surface area contributed by atoms with Crippen molar-refractivity contribution >= 4 is 0 Å². The zero-order valence-corrected chi connectivity index (χ0v) is 11.6. The van der Waals surface area contributed by atoms with E-state index in [2.05, 4.69) is 22.0 Å². The Labute approximate surface area is 115 Å². The largest absolute Gasteiger partial charge is 0.394 e. The monoisotopic (exact) mass is 264 g/mol. The van der Waals surface area contributed by atoms with Crippen molar-refractivity contribution in [3.8, 4) is 0 Å². The van der Waals surface area contributed by atoms with Gasteiger partial charge in [-0.2, -0.15) is 0 Å². The first-order valence-corrected chi connectivity index (χ1v) is 7.13. The van der Waals surface area contributed by atoms with E-state index in [0.29, 0.717) is 0 Å². The van der Waals surface area contributed by atoms with Gasteiger partial charge in [0.15, 0.2) is 0 Å². The maximum absolute atomic E-state index is 9.63. The van der Waals surface area contributed by atoms with E-state index in [0.717, 1.165) is 50.3 Å². The Hall–Kier alpha value is -0.970. The average Bonchev–Trinajstić information content (AvgIpc) is 2.45. The molecule has 1 atom stereocenters. The van der Waals surface area contributed by atoms with Crippen LogP contribution in [0.15, 0.2) is 18.2 Å². The Balaban J connectivity index is 1.74. The van der Waals surface area contributed by atoms with Crippen LogP contribution >= 0.6 is 0 Å². The predicted molar refractivity (Wildman–Crippen MR) is 74.9 cm³/mol. The summed E-state index contributed by atoms with van der Waals surface area (Å²) in [5, 5.41) is 18.6. The average molecular weight is 264 g/mol. The molecular formula is C15H24N2O2. The first kappa shape index (κ1) is 14.4. The molecule has 19 heavy (non-hydrogen) atoms. The van der Waals surface area contributed by atoms with Gasteiger partial charge < -0.3 is 15.1 Å². The van der Waals surface area contributed by atoms with Crippen LogP contribution in [-0.4, -0.2) is 52.4 Å². The third-order valence-corrected chi connectivity index (χ3v) is 3.99. The summed E-state index contributed by atoms with van der Waals surface area (Å²) in [6.45, 7) is 4.95. The normalized spacial score (nSPS) is 19.5. The van der Waals surface area contributed by atoms with Gasteiger partial charge in [0.2, 0.25) is 0 Å². The summed E-state index contributed by atoms with van der Waals surface area (Å²) in [5.41, 5.74) is 2.22. The fraction of sp³-hybridized carbons (Fsp3) is 0.667. The van der Waals surface area contributed by atoms with Gasteiger partial charge in [-0.1, -0.05) is 6.07 Å². The Morgan fingerprint density at radius 1 is 1.37 bits per heavy atom. The van der Waals surface area contributed by atoms with Crippen molar-refractivity contribution in [2.75, 3.05) is 26.2 Å². The van der Waals surface area contributed by atoms with Gasteiger partial charge in [-0.25, -0.2) is 0 Å². The van der Waals surface area contributed by atoms with Crippen molar-refractivity contribution in [1.29, 1.82) is 0 Å². The second kappa shape index (κ2) is 6.98. The fourth-order valence-corrected chi connectivity index (χ4v) is 2.72. The standard InChI is InChI=1S/C15H24N2O2/c1-12-3-2-4-14(16-12)7-10-17-8-5-13(6-9-17)15(19)11-18/h2-4,13,15,18-19H,5-11H2,1H3.